The predicted octanol–water partition coefficient (Wildman–Crippen LogP) is 3.49. The second-order valence-electron chi connectivity index (χ2n) is 5.16. The Hall–Kier alpha value is -2.65. The molecule has 1 N–H and O–H groups in total. The number of nitriles is 1. The average molecular weight is 311 g/mol. The molecule has 0 spiro atoms. The lowest BCUT2D eigenvalue weighted by Gasteiger charge is -2.03. The van der Waals surface area contributed by atoms with Crippen molar-refractivity contribution in [2.75, 3.05) is 0 Å². The minimum atomic E-state index is -0.974. The van der Waals surface area contributed by atoms with E-state index in [1.54, 1.807) is 13.0 Å². The van der Waals surface area contributed by atoms with Gasteiger partial charge in [-0.05, 0) is 32.0 Å². The van der Waals surface area contributed by atoms with Crippen LogP contribution in [0.15, 0.2) is 18.2 Å². The molecule has 0 saturated heterocycles. The van der Waals surface area contributed by atoms with E-state index in [2.05, 4.69) is 11.1 Å². The highest BCUT2D eigenvalue weighted by Gasteiger charge is 2.17. The monoisotopic (exact) mass is 311 g/mol. The van der Waals surface area contributed by atoms with Crippen LogP contribution in [0, 0.1) is 25.2 Å². The van der Waals surface area contributed by atoms with Crippen LogP contribution in [0.2, 0.25) is 0 Å². The first-order valence-corrected chi connectivity index (χ1v) is 7.45. The van der Waals surface area contributed by atoms with Gasteiger partial charge in [-0.3, -0.25) is 0 Å². The number of fused-ring (bicyclic) bond motifs is 1. The Morgan fingerprint density at radius 3 is 2.68 bits per heavy atom. The first-order chi connectivity index (χ1) is 10.4. The van der Waals surface area contributed by atoms with Crippen LogP contribution in [0.25, 0.3) is 21.5 Å². The Labute approximate surface area is 131 Å². The van der Waals surface area contributed by atoms with Crippen molar-refractivity contribution in [3.8, 4) is 16.6 Å². The number of hydrogen-bond donors (Lipinski definition) is 1. The number of benzene rings is 1. The summed E-state index contributed by atoms with van der Waals surface area (Å²) in [6.45, 7) is 3.66. The van der Waals surface area contributed by atoms with Gasteiger partial charge in [-0.25, -0.2) is 9.78 Å². The number of carboxylic acids is 1. The molecule has 0 saturated carbocycles. The maximum absolute atomic E-state index is 11.2. The fourth-order valence-electron chi connectivity index (χ4n) is 2.57. The molecule has 0 aliphatic rings. The van der Waals surface area contributed by atoms with Gasteiger partial charge in [0.2, 0.25) is 0 Å². The molecule has 0 aliphatic carbocycles. The van der Waals surface area contributed by atoms with E-state index in [0.717, 1.165) is 33.5 Å². The van der Waals surface area contributed by atoms with E-state index in [0.29, 0.717) is 16.3 Å². The SMILES string of the molecule is Cc1nc(-c2cc(C#N)c3c(c2)cc(C)n3C)sc1C(=O)O. The zero-order valence-corrected chi connectivity index (χ0v) is 13.2. The molecule has 0 atom stereocenters. The Balaban J connectivity index is 2.27. The molecule has 0 fully saturated rings. The van der Waals surface area contributed by atoms with Crippen molar-refractivity contribution in [1.82, 2.24) is 9.55 Å². The largest absolute Gasteiger partial charge is 0.477 e. The van der Waals surface area contributed by atoms with Crippen LogP contribution in [-0.2, 0) is 7.05 Å². The summed E-state index contributed by atoms with van der Waals surface area (Å²) in [4.78, 5) is 15.7. The quantitative estimate of drug-likeness (QED) is 0.785. The summed E-state index contributed by atoms with van der Waals surface area (Å²) in [6.07, 6.45) is 0. The van der Waals surface area contributed by atoms with Crippen LogP contribution >= 0.6 is 11.3 Å². The van der Waals surface area contributed by atoms with E-state index < -0.39 is 5.97 Å². The van der Waals surface area contributed by atoms with Crippen molar-refractivity contribution in [2.45, 2.75) is 13.8 Å². The van der Waals surface area contributed by atoms with Gasteiger partial charge in [0.25, 0.3) is 0 Å². The van der Waals surface area contributed by atoms with Gasteiger partial charge in [0.15, 0.2) is 0 Å². The first-order valence-electron chi connectivity index (χ1n) is 6.63. The highest BCUT2D eigenvalue weighted by molar-refractivity contribution is 7.17. The van der Waals surface area contributed by atoms with Crippen LogP contribution in [0.1, 0.15) is 26.6 Å². The van der Waals surface area contributed by atoms with Gasteiger partial charge in [0, 0.05) is 23.7 Å². The van der Waals surface area contributed by atoms with E-state index in [1.807, 2.05) is 30.7 Å². The molecule has 0 bridgehead atoms. The van der Waals surface area contributed by atoms with Crippen molar-refractivity contribution >= 4 is 28.2 Å². The smallest absolute Gasteiger partial charge is 0.347 e. The van der Waals surface area contributed by atoms with Crippen molar-refractivity contribution in [1.29, 1.82) is 5.26 Å². The lowest BCUT2D eigenvalue weighted by Crippen LogP contribution is -1.94. The highest BCUT2D eigenvalue weighted by Crippen LogP contribution is 2.33. The summed E-state index contributed by atoms with van der Waals surface area (Å²) in [7, 11) is 1.92. The number of aromatic carboxylic acids is 1. The molecule has 0 unspecified atom stereocenters. The second-order valence-corrected chi connectivity index (χ2v) is 6.16. The zero-order chi connectivity index (χ0) is 16.0. The normalized spacial score (nSPS) is 10.8. The maximum Gasteiger partial charge on any atom is 0.347 e. The lowest BCUT2D eigenvalue weighted by atomic mass is 10.1. The van der Waals surface area contributed by atoms with Crippen LogP contribution in [0.4, 0.5) is 0 Å². The summed E-state index contributed by atoms with van der Waals surface area (Å²) in [5, 5.41) is 20.1. The van der Waals surface area contributed by atoms with E-state index >= 15 is 0 Å². The van der Waals surface area contributed by atoms with Gasteiger partial charge < -0.3 is 9.67 Å². The maximum atomic E-state index is 11.2. The summed E-state index contributed by atoms with van der Waals surface area (Å²) < 4.78 is 1.98. The molecule has 22 heavy (non-hydrogen) atoms. The predicted molar refractivity (Wildman–Crippen MR) is 85.2 cm³/mol. The van der Waals surface area contributed by atoms with Gasteiger partial charge in [0.1, 0.15) is 16.0 Å². The van der Waals surface area contributed by atoms with Gasteiger partial charge >= 0.3 is 5.97 Å². The number of rotatable bonds is 2. The molecule has 6 heteroatoms. The number of carbonyl (C=O) groups is 1. The summed E-state index contributed by atoms with van der Waals surface area (Å²) in [6, 6.07) is 7.95. The average Bonchev–Trinajstić information content (AvgIpc) is 2.99. The third-order valence-corrected chi connectivity index (χ3v) is 4.92. The molecule has 0 radical (unpaired) electrons. The Kier molecular flexibility index (Phi) is 3.23. The number of aryl methyl sites for hydroxylation is 3. The van der Waals surface area contributed by atoms with Gasteiger partial charge in [-0.1, -0.05) is 0 Å². The summed E-state index contributed by atoms with van der Waals surface area (Å²) in [5.74, 6) is -0.974. The van der Waals surface area contributed by atoms with Crippen molar-refractivity contribution < 1.29 is 9.90 Å². The molecular formula is C16H13N3O2S. The third-order valence-electron chi connectivity index (χ3n) is 3.73. The van der Waals surface area contributed by atoms with Crippen LogP contribution in [-0.4, -0.2) is 20.6 Å². The molecule has 1 aromatic carbocycles. The number of aromatic nitrogens is 2. The molecule has 2 heterocycles. The number of thiazole rings is 1. The van der Waals surface area contributed by atoms with Gasteiger partial charge in [0.05, 0.1) is 16.8 Å². The standard InChI is InChI=1S/C16H13N3O2S/c1-8-4-10-5-11(6-12(7-17)13(10)19(8)3)15-18-9(2)14(22-15)16(20)21/h4-6H,1-3H3,(H,20,21). The topological polar surface area (TPSA) is 78.9 Å². The number of hydrogen-bond acceptors (Lipinski definition) is 4. The van der Waals surface area contributed by atoms with E-state index in [4.69, 9.17) is 5.11 Å². The fourth-order valence-corrected chi connectivity index (χ4v) is 3.46. The molecule has 110 valence electrons. The van der Waals surface area contributed by atoms with Gasteiger partial charge in [-0.15, -0.1) is 11.3 Å². The summed E-state index contributed by atoms with van der Waals surface area (Å²) >= 11 is 1.13. The first kappa shape index (κ1) is 14.3. The Bertz CT molecular complexity index is 960. The van der Waals surface area contributed by atoms with Crippen LogP contribution in [0.3, 0.4) is 0 Å². The highest BCUT2D eigenvalue weighted by atomic mass is 32.1. The fraction of sp³-hybridized carbons (Fsp3) is 0.188. The van der Waals surface area contributed by atoms with Crippen molar-refractivity contribution in [3.63, 3.8) is 0 Å². The third kappa shape index (κ3) is 2.07. The number of nitrogens with zero attached hydrogens (tertiary/aromatic N) is 3. The Morgan fingerprint density at radius 2 is 2.09 bits per heavy atom. The van der Waals surface area contributed by atoms with Crippen LogP contribution in [0.5, 0.6) is 0 Å². The molecule has 2 aromatic heterocycles. The van der Waals surface area contributed by atoms with E-state index in [1.165, 1.54) is 0 Å². The van der Waals surface area contributed by atoms with Gasteiger partial charge in [-0.2, -0.15) is 5.26 Å². The molecule has 3 aromatic rings. The second kappa shape index (κ2) is 4.97. The molecule has 3 rings (SSSR count). The zero-order valence-electron chi connectivity index (χ0n) is 12.3. The molecular weight excluding hydrogens is 298 g/mol. The van der Waals surface area contributed by atoms with Crippen molar-refractivity contribution in [2.24, 2.45) is 7.05 Å². The lowest BCUT2D eigenvalue weighted by molar-refractivity contribution is 0.0701. The summed E-state index contributed by atoms with van der Waals surface area (Å²) in [5.41, 5.74) is 3.78. The van der Waals surface area contributed by atoms with Crippen molar-refractivity contribution in [3.05, 3.63) is 40.0 Å². The molecule has 0 aliphatic heterocycles. The molecule has 5 nitrogen and oxygen atoms in total. The number of carboxylic acid groups (broad SMARTS) is 1. The minimum absolute atomic E-state index is 0.234. The Morgan fingerprint density at radius 1 is 1.36 bits per heavy atom. The van der Waals surface area contributed by atoms with E-state index in [9.17, 15) is 10.1 Å². The molecule has 0 amide bonds. The van der Waals surface area contributed by atoms with E-state index in [-0.39, 0.29) is 4.88 Å². The van der Waals surface area contributed by atoms with Crippen LogP contribution < -0.4 is 0 Å². The minimum Gasteiger partial charge on any atom is -0.477 e.